The van der Waals surface area contributed by atoms with Crippen LogP contribution in [0.4, 0.5) is 0 Å². The van der Waals surface area contributed by atoms with Crippen LogP contribution in [0.1, 0.15) is 117 Å². The Kier molecular flexibility index (Phi) is 23.5. The van der Waals surface area contributed by atoms with E-state index in [4.69, 9.17) is 10.2 Å². The normalized spacial score (nSPS) is 12.0. The average molecular weight is 411 g/mol. The van der Waals surface area contributed by atoms with Gasteiger partial charge in [-0.3, -0.25) is 9.59 Å². The molecule has 0 aromatic rings. The monoisotopic (exact) mass is 410 g/mol. The number of aliphatic carboxylic acids is 2. The molecule has 0 aliphatic heterocycles. The number of hydrogen-bond donors (Lipinski definition) is 2. The van der Waals surface area contributed by atoms with Gasteiger partial charge in [-0.25, -0.2) is 0 Å². The predicted octanol–water partition coefficient (Wildman–Crippen LogP) is 6.02. The third-order valence-corrected chi connectivity index (χ3v) is 5.35. The molecule has 0 fully saturated rings. The van der Waals surface area contributed by atoms with Crippen molar-refractivity contribution in [3.8, 4) is 0 Å². The molecular weight excluding hydrogens is 367 g/mol. The van der Waals surface area contributed by atoms with E-state index in [0.29, 0.717) is 0 Å². The molecule has 0 aromatic heterocycles. The van der Waals surface area contributed by atoms with E-state index in [-0.39, 0.29) is 63.7 Å². The van der Waals surface area contributed by atoms with Crippen LogP contribution in [0, 0.1) is 11.8 Å². The number of carboxylic acids is 2. The van der Waals surface area contributed by atoms with Crippen molar-refractivity contribution in [2.75, 3.05) is 0 Å². The molecule has 0 spiro atoms. The predicted molar refractivity (Wildman–Crippen MR) is 115 cm³/mol. The second kappa shape index (κ2) is 21.3. The van der Waals surface area contributed by atoms with Crippen LogP contribution in [0.15, 0.2) is 0 Å². The number of carbonyl (C=O) groups is 2. The first-order valence-corrected chi connectivity index (χ1v) is 11.0. The Morgan fingerprint density at radius 2 is 0.963 bits per heavy atom. The zero-order chi connectivity index (χ0) is 19.6. The summed E-state index contributed by atoms with van der Waals surface area (Å²) in [5, 5.41) is 18.3. The summed E-state index contributed by atoms with van der Waals surface area (Å²) in [4.78, 5) is 22.3. The first-order valence-electron chi connectivity index (χ1n) is 11.0. The molecule has 0 bridgehead atoms. The fourth-order valence-electron chi connectivity index (χ4n) is 3.62. The maximum absolute atomic E-state index is 11.2. The zero-order valence-corrected chi connectivity index (χ0v) is 17.2. The molecule has 0 aliphatic carbocycles. The summed E-state index contributed by atoms with van der Waals surface area (Å²) in [6, 6.07) is 0. The van der Waals surface area contributed by atoms with Crippen LogP contribution in [0.5, 0.6) is 0 Å². The molecule has 4 nitrogen and oxygen atoms in total. The average Bonchev–Trinajstić information content (AvgIpc) is 2.60. The van der Waals surface area contributed by atoms with Gasteiger partial charge in [0.1, 0.15) is 0 Å². The van der Waals surface area contributed by atoms with Crippen molar-refractivity contribution in [3.63, 3.8) is 0 Å². The zero-order valence-electron chi connectivity index (χ0n) is 17.2. The molecule has 0 saturated carbocycles. The van der Waals surface area contributed by atoms with Crippen LogP contribution in [0.3, 0.4) is 0 Å². The van der Waals surface area contributed by atoms with Crippen LogP contribution in [-0.2, 0) is 9.59 Å². The molecule has 2 N–H and O–H groups in total. The Balaban J connectivity index is 0. The third kappa shape index (κ3) is 18.4. The summed E-state index contributed by atoms with van der Waals surface area (Å²) in [6.45, 7) is 4.39. The van der Waals surface area contributed by atoms with E-state index < -0.39 is 17.9 Å². The van der Waals surface area contributed by atoms with E-state index in [0.717, 1.165) is 38.5 Å². The van der Waals surface area contributed by atoms with Crippen molar-refractivity contribution in [3.05, 3.63) is 0 Å². The van der Waals surface area contributed by atoms with Gasteiger partial charge in [0.2, 0.25) is 0 Å². The molecule has 27 heavy (non-hydrogen) atoms. The second-order valence-corrected chi connectivity index (χ2v) is 7.80. The molecule has 1 atom stereocenters. The third-order valence-electron chi connectivity index (χ3n) is 5.35. The Labute approximate surface area is 209 Å². The van der Waals surface area contributed by atoms with Crippen molar-refractivity contribution < 1.29 is 19.8 Å². The van der Waals surface area contributed by atoms with Crippen LogP contribution in [0.25, 0.3) is 0 Å². The van der Waals surface area contributed by atoms with Crippen LogP contribution in [0.2, 0.25) is 0 Å². The fourth-order valence-corrected chi connectivity index (χ4v) is 3.62. The van der Waals surface area contributed by atoms with Gasteiger partial charge >= 0.3 is 63.3 Å². The van der Waals surface area contributed by atoms with Crippen LogP contribution in [-0.4, -0.2) is 73.5 Å². The molecular formula is C22H43KO4. The van der Waals surface area contributed by atoms with Crippen molar-refractivity contribution in [2.45, 2.75) is 117 Å². The minimum absolute atomic E-state index is 0. The fraction of sp³-hybridized carbons (Fsp3) is 0.909. The van der Waals surface area contributed by atoms with Gasteiger partial charge < -0.3 is 10.2 Å². The van der Waals surface area contributed by atoms with Crippen molar-refractivity contribution >= 4 is 63.3 Å². The van der Waals surface area contributed by atoms with Gasteiger partial charge in [0, 0.05) is 0 Å². The number of rotatable bonds is 19. The topological polar surface area (TPSA) is 74.6 Å². The summed E-state index contributed by atoms with van der Waals surface area (Å²) in [5.41, 5.74) is 0. The molecule has 0 amide bonds. The van der Waals surface area contributed by atoms with Gasteiger partial charge in [-0.05, 0) is 12.3 Å². The van der Waals surface area contributed by atoms with E-state index in [1.807, 2.05) is 0 Å². The van der Waals surface area contributed by atoms with Crippen molar-refractivity contribution in [1.82, 2.24) is 0 Å². The van der Waals surface area contributed by atoms with E-state index in [9.17, 15) is 9.59 Å². The number of hydrogen-bond acceptors (Lipinski definition) is 2. The van der Waals surface area contributed by atoms with Gasteiger partial charge in [-0.2, -0.15) is 0 Å². The molecule has 0 aliphatic rings. The van der Waals surface area contributed by atoms with E-state index in [1.54, 1.807) is 0 Å². The molecule has 1 unspecified atom stereocenters. The van der Waals surface area contributed by atoms with Crippen molar-refractivity contribution in [1.29, 1.82) is 0 Å². The molecule has 0 heterocycles. The van der Waals surface area contributed by atoms with E-state index in [1.165, 1.54) is 57.8 Å². The molecule has 5 heteroatoms. The van der Waals surface area contributed by atoms with Gasteiger partial charge in [0.05, 0.1) is 0 Å². The van der Waals surface area contributed by atoms with Gasteiger partial charge in [0.25, 0.3) is 0 Å². The molecule has 0 saturated heterocycles. The van der Waals surface area contributed by atoms with E-state index in [2.05, 4.69) is 13.8 Å². The maximum atomic E-state index is 11.2. The standard InChI is InChI=1S/C22H42O4.K.H/c1-3-5-7-8-9-10-11-12-13-15-17-19(16-14-6-4-2)18-20(21(23)24)22(25)26;;/h19-20H,3-18H2,1-2H3,(H,23,24)(H,25,26);;. The Morgan fingerprint density at radius 1 is 0.630 bits per heavy atom. The first-order chi connectivity index (χ1) is 12.5. The first kappa shape index (κ1) is 29.8. The summed E-state index contributed by atoms with van der Waals surface area (Å²) in [5.74, 6) is -3.40. The van der Waals surface area contributed by atoms with Crippen LogP contribution >= 0.6 is 0 Å². The second-order valence-electron chi connectivity index (χ2n) is 7.80. The summed E-state index contributed by atoms with van der Waals surface area (Å²) in [6.07, 6.45) is 18.4. The summed E-state index contributed by atoms with van der Waals surface area (Å²) >= 11 is 0. The molecule has 0 rings (SSSR count). The SMILES string of the molecule is CCCCCCCCCCCCC(CCCCC)CC(C(=O)O)C(=O)O.[KH]. The Bertz CT molecular complexity index is 346. The van der Waals surface area contributed by atoms with Gasteiger partial charge in [-0.15, -0.1) is 0 Å². The minimum atomic E-state index is -1.25. The Hall–Kier alpha value is 0.576. The number of carboxylic acid groups (broad SMARTS) is 2. The molecule has 156 valence electrons. The van der Waals surface area contributed by atoms with Gasteiger partial charge in [0.15, 0.2) is 5.92 Å². The summed E-state index contributed by atoms with van der Waals surface area (Å²) in [7, 11) is 0. The quantitative estimate of drug-likeness (QED) is 0.155. The summed E-state index contributed by atoms with van der Waals surface area (Å²) < 4.78 is 0. The number of unbranched alkanes of at least 4 members (excludes halogenated alkanes) is 11. The molecule has 0 radical (unpaired) electrons. The molecule has 0 aromatic carbocycles. The van der Waals surface area contributed by atoms with Crippen LogP contribution < -0.4 is 0 Å². The Morgan fingerprint density at radius 3 is 1.37 bits per heavy atom. The van der Waals surface area contributed by atoms with Crippen molar-refractivity contribution in [2.24, 2.45) is 11.8 Å². The van der Waals surface area contributed by atoms with Gasteiger partial charge in [-0.1, -0.05) is 110 Å². The van der Waals surface area contributed by atoms with E-state index >= 15 is 0 Å².